The monoisotopic (exact) mass is 399 g/mol. The molecule has 2 N–H and O–H groups in total. The maximum absolute atomic E-state index is 12.5. The summed E-state index contributed by atoms with van der Waals surface area (Å²) in [5.74, 6) is 1.67. The van der Waals surface area contributed by atoms with Gasteiger partial charge in [0, 0.05) is 30.4 Å². The van der Waals surface area contributed by atoms with Gasteiger partial charge in [-0.25, -0.2) is 4.98 Å². The van der Waals surface area contributed by atoms with Gasteiger partial charge in [0.25, 0.3) is 11.5 Å². The van der Waals surface area contributed by atoms with Gasteiger partial charge in [-0.3, -0.25) is 19.5 Å². The summed E-state index contributed by atoms with van der Waals surface area (Å²) in [6.45, 7) is 8.06. The minimum Gasteiger partial charge on any atom is -0.455 e. The van der Waals surface area contributed by atoms with Gasteiger partial charge in [0.15, 0.2) is 5.76 Å². The smallest absolute Gasteiger partial charge is 0.287 e. The Hall–Kier alpha value is -2.61. The van der Waals surface area contributed by atoms with E-state index in [-0.39, 0.29) is 17.5 Å². The number of rotatable bonds is 5. The lowest BCUT2D eigenvalue weighted by molar-refractivity contribution is 0.0899. The van der Waals surface area contributed by atoms with Crippen molar-refractivity contribution in [2.24, 2.45) is 0 Å². The molecule has 2 aliphatic rings. The SMILES string of the molecule is Cc1nc(N2CCC(NC(=O)c3ccc(CN4CCCC4)o3)CC2)[nH]c(=O)c1C. The van der Waals surface area contributed by atoms with Gasteiger partial charge in [-0.15, -0.1) is 0 Å². The van der Waals surface area contributed by atoms with Crippen LogP contribution in [-0.4, -0.2) is 53.0 Å². The first-order chi connectivity index (χ1) is 14.0. The summed E-state index contributed by atoms with van der Waals surface area (Å²) >= 11 is 0. The van der Waals surface area contributed by atoms with Crippen molar-refractivity contribution in [2.45, 2.75) is 52.1 Å². The van der Waals surface area contributed by atoms with Crippen molar-refractivity contribution >= 4 is 11.9 Å². The second-order valence-corrected chi connectivity index (χ2v) is 8.08. The summed E-state index contributed by atoms with van der Waals surface area (Å²) in [7, 11) is 0. The number of anilines is 1. The van der Waals surface area contributed by atoms with Crippen molar-refractivity contribution in [3.05, 3.63) is 45.3 Å². The molecule has 0 bridgehead atoms. The molecule has 2 aliphatic heterocycles. The van der Waals surface area contributed by atoms with Crippen LogP contribution in [0.3, 0.4) is 0 Å². The Balaban J connectivity index is 1.30. The molecular weight excluding hydrogens is 370 g/mol. The largest absolute Gasteiger partial charge is 0.455 e. The minimum atomic E-state index is -0.158. The Morgan fingerprint density at radius 2 is 1.93 bits per heavy atom. The second-order valence-electron chi connectivity index (χ2n) is 8.08. The second kappa shape index (κ2) is 8.41. The first-order valence-corrected chi connectivity index (χ1v) is 10.4. The average molecular weight is 399 g/mol. The van der Waals surface area contributed by atoms with Crippen LogP contribution in [0.1, 0.15) is 53.3 Å². The third kappa shape index (κ3) is 4.53. The molecule has 0 spiro atoms. The number of amides is 1. The first kappa shape index (κ1) is 19.7. The van der Waals surface area contributed by atoms with Crippen LogP contribution in [-0.2, 0) is 6.54 Å². The summed E-state index contributed by atoms with van der Waals surface area (Å²) in [5, 5.41) is 3.08. The van der Waals surface area contributed by atoms with E-state index in [9.17, 15) is 9.59 Å². The number of carbonyl (C=O) groups excluding carboxylic acids is 1. The Morgan fingerprint density at radius 3 is 2.62 bits per heavy atom. The van der Waals surface area contributed by atoms with Gasteiger partial charge in [-0.1, -0.05) is 0 Å². The van der Waals surface area contributed by atoms with Crippen LogP contribution in [0.4, 0.5) is 5.95 Å². The maximum Gasteiger partial charge on any atom is 0.287 e. The van der Waals surface area contributed by atoms with Gasteiger partial charge in [0.05, 0.1) is 6.54 Å². The predicted molar refractivity (Wildman–Crippen MR) is 110 cm³/mol. The lowest BCUT2D eigenvalue weighted by atomic mass is 10.1. The molecule has 0 atom stereocenters. The van der Waals surface area contributed by atoms with Gasteiger partial charge in [-0.2, -0.15) is 0 Å². The normalized spacial score (nSPS) is 18.3. The zero-order chi connectivity index (χ0) is 20.4. The summed E-state index contributed by atoms with van der Waals surface area (Å²) in [6.07, 6.45) is 4.06. The van der Waals surface area contributed by atoms with E-state index < -0.39 is 0 Å². The highest BCUT2D eigenvalue weighted by molar-refractivity contribution is 5.91. The molecule has 4 rings (SSSR count). The van der Waals surface area contributed by atoms with E-state index in [1.807, 2.05) is 13.0 Å². The van der Waals surface area contributed by atoms with Crippen LogP contribution in [0.2, 0.25) is 0 Å². The topological polar surface area (TPSA) is 94.5 Å². The van der Waals surface area contributed by atoms with Crippen molar-refractivity contribution in [1.29, 1.82) is 0 Å². The number of H-pyrrole nitrogens is 1. The Labute approximate surface area is 170 Å². The third-order valence-corrected chi connectivity index (χ3v) is 5.98. The number of nitrogens with zero attached hydrogens (tertiary/aromatic N) is 3. The molecule has 0 aromatic carbocycles. The van der Waals surface area contributed by atoms with Gasteiger partial charge >= 0.3 is 0 Å². The van der Waals surface area contributed by atoms with Crippen LogP contribution < -0.4 is 15.8 Å². The molecule has 156 valence electrons. The maximum atomic E-state index is 12.5. The van der Waals surface area contributed by atoms with Gasteiger partial charge in [0.1, 0.15) is 5.76 Å². The highest BCUT2D eigenvalue weighted by Crippen LogP contribution is 2.18. The van der Waals surface area contributed by atoms with Crippen LogP contribution in [0.25, 0.3) is 0 Å². The lowest BCUT2D eigenvalue weighted by Gasteiger charge is -2.32. The Morgan fingerprint density at radius 1 is 1.21 bits per heavy atom. The summed E-state index contributed by atoms with van der Waals surface area (Å²) in [5.41, 5.74) is 1.31. The number of nitrogens with one attached hydrogen (secondary N) is 2. The van der Waals surface area contributed by atoms with Crippen LogP contribution >= 0.6 is 0 Å². The molecular formula is C21H29N5O3. The number of likely N-dealkylation sites (tertiary alicyclic amines) is 1. The number of furan rings is 1. The van der Waals surface area contributed by atoms with Crippen molar-refractivity contribution < 1.29 is 9.21 Å². The van der Waals surface area contributed by atoms with Crippen molar-refractivity contribution in [1.82, 2.24) is 20.2 Å². The van der Waals surface area contributed by atoms with Crippen molar-refractivity contribution in [3.8, 4) is 0 Å². The standard InChI is InChI=1S/C21H29N5O3/c1-14-15(2)22-21(24-19(14)27)26-11-7-16(8-12-26)23-20(28)18-6-5-17(29-18)13-25-9-3-4-10-25/h5-6,16H,3-4,7-13H2,1-2H3,(H,23,28)(H,22,24,27). The van der Waals surface area contributed by atoms with Gasteiger partial charge in [-0.05, 0) is 64.8 Å². The van der Waals surface area contributed by atoms with Crippen molar-refractivity contribution in [2.75, 3.05) is 31.1 Å². The number of hydrogen-bond acceptors (Lipinski definition) is 6. The molecule has 2 aromatic rings. The lowest BCUT2D eigenvalue weighted by Crippen LogP contribution is -2.45. The molecule has 4 heterocycles. The molecule has 0 radical (unpaired) electrons. The van der Waals surface area contributed by atoms with E-state index in [0.29, 0.717) is 17.3 Å². The van der Waals surface area contributed by atoms with Crippen LogP contribution in [0, 0.1) is 13.8 Å². The van der Waals surface area contributed by atoms with E-state index in [1.54, 1.807) is 13.0 Å². The predicted octanol–water partition coefficient (Wildman–Crippen LogP) is 1.97. The fourth-order valence-corrected chi connectivity index (χ4v) is 4.02. The third-order valence-electron chi connectivity index (χ3n) is 5.98. The number of aromatic nitrogens is 2. The number of piperidine rings is 1. The van der Waals surface area contributed by atoms with E-state index in [0.717, 1.165) is 57.0 Å². The van der Waals surface area contributed by atoms with E-state index >= 15 is 0 Å². The van der Waals surface area contributed by atoms with Crippen molar-refractivity contribution in [3.63, 3.8) is 0 Å². The average Bonchev–Trinajstić information content (AvgIpc) is 3.39. The molecule has 1 amide bonds. The Bertz CT molecular complexity index is 921. The number of aromatic amines is 1. The van der Waals surface area contributed by atoms with E-state index in [4.69, 9.17) is 4.42 Å². The quantitative estimate of drug-likeness (QED) is 0.798. The fraction of sp³-hybridized carbons (Fsp3) is 0.571. The van der Waals surface area contributed by atoms with Crippen LogP contribution in [0.5, 0.6) is 0 Å². The molecule has 0 unspecified atom stereocenters. The van der Waals surface area contributed by atoms with Crippen LogP contribution in [0.15, 0.2) is 21.3 Å². The van der Waals surface area contributed by atoms with E-state index in [1.165, 1.54) is 12.8 Å². The molecule has 2 aromatic heterocycles. The zero-order valence-corrected chi connectivity index (χ0v) is 17.2. The molecule has 8 heteroatoms. The summed E-state index contributed by atoms with van der Waals surface area (Å²) in [6, 6.07) is 3.75. The zero-order valence-electron chi connectivity index (χ0n) is 17.2. The molecule has 2 saturated heterocycles. The molecule has 8 nitrogen and oxygen atoms in total. The molecule has 0 aliphatic carbocycles. The minimum absolute atomic E-state index is 0.0872. The molecule has 2 fully saturated rings. The number of aryl methyl sites for hydroxylation is 1. The van der Waals surface area contributed by atoms with E-state index in [2.05, 4.69) is 25.1 Å². The van der Waals surface area contributed by atoms with Gasteiger partial charge < -0.3 is 14.6 Å². The number of carbonyl (C=O) groups is 1. The number of hydrogen-bond donors (Lipinski definition) is 2. The molecule has 0 saturated carbocycles. The highest BCUT2D eigenvalue weighted by atomic mass is 16.4. The fourth-order valence-electron chi connectivity index (χ4n) is 4.02. The summed E-state index contributed by atoms with van der Waals surface area (Å²) in [4.78, 5) is 36.3. The highest BCUT2D eigenvalue weighted by Gasteiger charge is 2.24. The summed E-state index contributed by atoms with van der Waals surface area (Å²) < 4.78 is 5.76. The van der Waals surface area contributed by atoms with Gasteiger partial charge in [0.2, 0.25) is 5.95 Å². The Kier molecular flexibility index (Phi) is 5.71. The molecule has 29 heavy (non-hydrogen) atoms. The first-order valence-electron chi connectivity index (χ1n) is 10.4.